The van der Waals surface area contributed by atoms with E-state index in [2.05, 4.69) is 71.9 Å². The van der Waals surface area contributed by atoms with Gasteiger partial charge in [-0.15, -0.1) is 0 Å². The van der Waals surface area contributed by atoms with Gasteiger partial charge in [-0.25, -0.2) is 4.58 Å². The summed E-state index contributed by atoms with van der Waals surface area (Å²) in [5, 5.41) is 11.2. The molecule has 3 aromatic rings. The number of hydrogen-bond donors (Lipinski definition) is 1. The highest BCUT2D eigenvalue weighted by Crippen LogP contribution is 2.42. The zero-order chi connectivity index (χ0) is 27.6. The molecule has 0 saturated heterocycles. The molecule has 3 aromatic carbocycles. The van der Waals surface area contributed by atoms with Crippen LogP contribution in [0.1, 0.15) is 61.8 Å². The quantitative estimate of drug-likeness (QED) is 0.241. The molecular formula is C34H37N2O4+. The Hall–Kier alpha value is -4.06. The van der Waals surface area contributed by atoms with Crippen molar-refractivity contribution >= 4 is 23.3 Å². The molecule has 0 radical (unpaired) electrons. The molecule has 3 heterocycles. The first-order valence-corrected chi connectivity index (χ1v) is 14.6. The average molecular weight is 538 g/mol. The van der Waals surface area contributed by atoms with Gasteiger partial charge in [-0.1, -0.05) is 12.1 Å². The van der Waals surface area contributed by atoms with E-state index in [4.69, 9.17) is 14.6 Å². The molecule has 0 bridgehead atoms. The van der Waals surface area contributed by atoms with Crippen molar-refractivity contribution < 1.29 is 19.4 Å². The first-order valence-electron chi connectivity index (χ1n) is 14.6. The van der Waals surface area contributed by atoms with Crippen LogP contribution in [0.4, 0.5) is 5.69 Å². The summed E-state index contributed by atoms with van der Waals surface area (Å²) in [7, 11) is 0. The van der Waals surface area contributed by atoms with E-state index in [-0.39, 0.29) is 6.42 Å². The Labute approximate surface area is 235 Å². The Bertz CT molecular complexity index is 1600. The fourth-order valence-corrected chi connectivity index (χ4v) is 6.14. The summed E-state index contributed by atoms with van der Waals surface area (Å²) in [5.74, 6) is 1.84. The number of benzene rings is 3. The fourth-order valence-electron chi connectivity index (χ4n) is 6.14. The van der Waals surface area contributed by atoms with E-state index in [9.17, 15) is 4.79 Å². The van der Waals surface area contributed by atoms with Crippen molar-refractivity contribution in [3.8, 4) is 17.2 Å². The second-order valence-electron chi connectivity index (χ2n) is 10.7. The van der Waals surface area contributed by atoms with Gasteiger partial charge in [-0.3, -0.25) is 4.79 Å². The number of carbonyl (C=O) groups is 1. The Kier molecular flexibility index (Phi) is 7.33. The molecule has 0 unspecified atom stereocenters. The Morgan fingerprint density at radius 2 is 1.93 bits per heavy atom. The SMILES string of the molecule is CCN1CCCc2cc3c(cc21)Oc1cc2c(cc1=C3c1ccc(OCCCCC(=O)O)cc1)C=CC[N+]=2CC. The highest BCUT2D eigenvalue weighted by atomic mass is 16.5. The summed E-state index contributed by atoms with van der Waals surface area (Å²) < 4.78 is 15.0. The first-order chi connectivity index (χ1) is 19.6. The highest BCUT2D eigenvalue weighted by Gasteiger charge is 2.27. The molecule has 0 spiro atoms. The maximum absolute atomic E-state index is 10.8. The zero-order valence-corrected chi connectivity index (χ0v) is 23.4. The van der Waals surface area contributed by atoms with Gasteiger partial charge in [0.05, 0.1) is 12.7 Å². The monoisotopic (exact) mass is 537 g/mol. The molecule has 6 rings (SSSR count). The van der Waals surface area contributed by atoms with Crippen molar-refractivity contribution in [2.45, 2.75) is 46.0 Å². The summed E-state index contributed by atoms with van der Waals surface area (Å²) in [6, 6.07) is 17.4. The number of hydrogen-bond acceptors (Lipinski definition) is 4. The lowest BCUT2D eigenvalue weighted by atomic mass is 9.88. The van der Waals surface area contributed by atoms with Gasteiger partial charge >= 0.3 is 5.97 Å². The first kappa shape index (κ1) is 26.2. The predicted octanol–water partition coefficient (Wildman–Crippen LogP) is 4.98. The Morgan fingerprint density at radius 1 is 1.07 bits per heavy atom. The molecule has 0 atom stereocenters. The van der Waals surface area contributed by atoms with Crippen molar-refractivity contribution in [3.63, 3.8) is 0 Å². The minimum atomic E-state index is -0.763. The molecule has 0 aromatic heterocycles. The third-order valence-corrected chi connectivity index (χ3v) is 8.21. The number of nitrogens with zero attached hydrogens (tertiary/aromatic N) is 2. The number of anilines is 1. The Balaban J connectivity index is 1.45. The van der Waals surface area contributed by atoms with Gasteiger partial charge < -0.3 is 19.5 Å². The van der Waals surface area contributed by atoms with Crippen LogP contribution in [-0.4, -0.2) is 43.9 Å². The molecule has 206 valence electrons. The van der Waals surface area contributed by atoms with Crippen molar-refractivity contribution in [3.05, 3.63) is 87.4 Å². The standard InChI is InChI=1S/C34H36N2O4/c1-3-35-16-7-9-24-19-27-31(21-29(24)35)40-32-22-30-25(10-8-17-36(30)4-2)20-28(32)34(27)23-12-14-26(15-13-23)39-18-6-5-11-33(37)38/h7,9,12-15,19-22H,3-6,8,10-11,16-18H2,1-2H3/p+1. The zero-order valence-electron chi connectivity index (χ0n) is 23.4. The molecule has 3 aliphatic heterocycles. The number of aryl methyl sites for hydroxylation is 1. The van der Waals surface area contributed by atoms with Crippen molar-refractivity contribution in [2.24, 2.45) is 0 Å². The van der Waals surface area contributed by atoms with Crippen LogP contribution < -0.4 is 29.5 Å². The van der Waals surface area contributed by atoms with Gasteiger partial charge in [0.1, 0.15) is 23.8 Å². The number of fused-ring (bicyclic) bond motifs is 4. The Morgan fingerprint density at radius 3 is 2.70 bits per heavy atom. The predicted molar refractivity (Wildman–Crippen MR) is 159 cm³/mol. The number of likely N-dealkylation sites (N-methyl/N-ethyl adjacent to an activating group) is 1. The average Bonchev–Trinajstić information content (AvgIpc) is 2.97. The van der Waals surface area contributed by atoms with Crippen LogP contribution in [0.5, 0.6) is 17.2 Å². The summed E-state index contributed by atoms with van der Waals surface area (Å²) in [5.41, 5.74) is 7.34. The molecule has 1 N–H and O–H groups in total. The van der Waals surface area contributed by atoms with Crippen molar-refractivity contribution in [2.75, 3.05) is 37.7 Å². The number of carboxylic acids is 1. The number of carboxylic acid groups (broad SMARTS) is 1. The third kappa shape index (κ3) is 4.99. The van der Waals surface area contributed by atoms with Crippen LogP contribution in [0.2, 0.25) is 0 Å². The fraction of sp³-hybridized carbons (Fsp3) is 0.353. The maximum atomic E-state index is 10.8. The van der Waals surface area contributed by atoms with Crippen LogP contribution in [-0.2, 0) is 11.2 Å². The molecule has 0 aliphatic carbocycles. The molecule has 0 amide bonds. The van der Waals surface area contributed by atoms with Gasteiger partial charge in [0.25, 0.3) is 0 Å². The van der Waals surface area contributed by atoms with Crippen LogP contribution in [0.15, 0.2) is 54.6 Å². The molecule has 6 heteroatoms. The van der Waals surface area contributed by atoms with Gasteiger partial charge in [0, 0.05) is 53.2 Å². The van der Waals surface area contributed by atoms with Gasteiger partial charge in [0.2, 0.25) is 5.36 Å². The largest absolute Gasteiger partial charge is 0.494 e. The minimum Gasteiger partial charge on any atom is -0.494 e. The molecule has 0 saturated carbocycles. The van der Waals surface area contributed by atoms with Crippen molar-refractivity contribution in [1.82, 2.24) is 4.58 Å². The number of unbranched alkanes of at least 4 members (excludes halogenated alkanes) is 1. The van der Waals surface area contributed by atoms with Crippen LogP contribution in [0.3, 0.4) is 0 Å². The molecule has 6 nitrogen and oxygen atoms in total. The molecule has 40 heavy (non-hydrogen) atoms. The van der Waals surface area contributed by atoms with Gasteiger partial charge in [-0.2, -0.15) is 0 Å². The summed E-state index contributed by atoms with van der Waals surface area (Å²) >= 11 is 0. The van der Waals surface area contributed by atoms with E-state index in [1.54, 1.807) is 0 Å². The number of rotatable bonds is 9. The van der Waals surface area contributed by atoms with E-state index in [1.807, 2.05) is 12.1 Å². The second-order valence-corrected chi connectivity index (χ2v) is 10.7. The van der Waals surface area contributed by atoms with Gasteiger partial charge in [0.15, 0.2) is 6.54 Å². The molecule has 0 fully saturated rings. The number of ether oxygens (including phenoxy) is 2. The second kappa shape index (κ2) is 11.2. The van der Waals surface area contributed by atoms with Crippen molar-refractivity contribution in [1.29, 1.82) is 0 Å². The van der Waals surface area contributed by atoms with Crippen LogP contribution >= 0.6 is 0 Å². The smallest absolute Gasteiger partial charge is 0.303 e. The van der Waals surface area contributed by atoms with Gasteiger partial charge in [-0.05, 0) is 87.1 Å². The van der Waals surface area contributed by atoms with E-state index < -0.39 is 5.97 Å². The minimum absolute atomic E-state index is 0.177. The van der Waals surface area contributed by atoms with E-state index in [1.165, 1.54) is 27.7 Å². The van der Waals surface area contributed by atoms with E-state index in [0.717, 1.165) is 79.0 Å². The lowest BCUT2D eigenvalue weighted by molar-refractivity contribution is -0.137. The lowest BCUT2D eigenvalue weighted by Gasteiger charge is -2.32. The summed E-state index contributed by atoms with van der Waals surface area (Å²) in [4.78, 5) is 13.2. The number of aliphatic carboxylic acids is 1. The maximum Gasteiger partial charge on any atom is 0.303 e. The summed E-state index contributed by atoms with van der Waals surface area (Å²) in [6.07, 6.45) is 8.21. The van der Waals surface area contributed by atoms with E-state index >= 15 is 0 Å². The third-order valence-electron chi connectivity index (χ3n) is 8.21. The van der Waals surface area contributed by atoms with Crippen LogP contribution in [0.25, 0.3) is 11.6 Å². The lowest BCUT2D eigenvalue weighted by Crippen LogP contribution is -2.36. The van der Waals surface area contributed by atoms with E-state index in [0.29, 0.717) is 13.0 Å². The molecule has 3 aliphatic rings. The highest BCUT2D eigenvalue weighted by molar-refractivity contribution is 5.87. The normalized spacial score (nSPS) is 15.1. The van der Waals surface area contributed by atoms with Crippen LogP contribution in [0, 0.1) is 0 Å². The molecular weight excluding hydrogens is 500 g/mol. The summed E-state index contributed by atoms with van der Waals surface area (Å²) in [6.45, 7) is 8.84. The topological polar surface area (TPSA) is 62.0 Å².